The Kier molecular flexibility index (Phi) is 3.30. The van der Waals surface area contributed by atoms with Crippen molar-refractivity contribution in [3.05, 3.63) is 17.5 Å². The van der Waals surface area contributed by atoms with Gasteiger partial charge < -0.3 is 5.11 Å². The van der Waals surface area contributed by atoms with Crippen LogP contribution in [-0.4, -0.2) is 14.9 Å². The van der Waals surface area contributed by atoms with Crippen molar-refractivity contribution in [2.24, 2.45) is 11.8 Å². The molecule has 1 heterocycles. The van der Waals surface area contributed by atoms with Crippen molar-refractivity contribution >= 4 is 0 Å². The standard InChI is InChI=1S/C14H24N2O/c1-10-5-11(6-10)8-16-13(14(2,3)4)12(9-17)7-15-16/h7,10-11,17H,5-6,8-9H2,1-4H3. The first-order valence-electron chi connectivity index (χ1n) is 6.58. The molecule has 0 saturated heterocycles. The smallest absolute Gasteiger partial charge is 0.0715 e. The van der Waals surface area contributed by atoms with Crippen molar-refractivity contribution in [2.75, 3.05) is 0 Å². The molecule has 1 aliphatic rings. The van der Waals surface area contributed by atoms with E-state index < -0.39 is 0 Å². The number of aliphatic hydroxyl groups excluding tert-OH is 1. The van der Waals surface area contributed by atoms with Crippen molar-refractivity contribution < 1.29 is 5.11 Å². The molecule has 0 radical (unpaired) electrons. The summed E-state index contributed by atoms with van der Waals surface area (Å²) in [6, 6.07) is 0. The highest BCUT2D eigenvalue weighted by molar-refractivity contribution is 5.24. The van der Waals surface area contributed by atoms with Crippen LogP contribution in [0.4, 0.5) is 0 Å². The van der Waals surface area contributed by atoms with Gasteiger partial charge in [-0.25, -0.2) is 0 Å². The predicted octanol–water partition coefficient (Wildman–Crippen LogP) is 2.72. The molecule has 0 atom stereocenters. The maximum absolute atomic E-state index is 9.39. The molecule has 17 heavy (non-hydrogen) atoms. The van der Waals surface area contributed by atoms with Gasteiger partial charge in [-0.1, -0.05) is 27.7 Å². The van der Waals surface area contributed by atoms with Gasteiger partial charge in [0, 0.05) is 23.2 Å². The third-order valence-corrected chi connectivity index (χ3v) is 3.70. The van der Waals surface area contributed by atoms with E-state index in [1.165, 1.54) is 18.5 Å². The molecule has 1 aromatic heterocycles. The van der Waals surface area contributed by atoms with E-state index in [2.05, 4.69) is 37.5 Å². The monoisotopic (exact) mass is 236 g/mol. The van der Waals surface area contributed by atoms with Crippen LogP contribution >= 0.6 is 0 Å². The van der Waals surface area contributed by atoms with Gasteiger partial charge in [0.1, 0.15) is 0 Å². The third-order valence-electron chi connectivity index (χ3n) is 3.70. The van der Waals surface area contributed by atoms with Gasteiger partial charge in [0.25, 0.3) is 0 Å². The van der Waals surface area contributed by atoms with Crippen LogP contribution < -0.4 is 0 Å². The molecule has 0 bridgehead atoms. The van der Waals surface area contributed by atoms with E-state index in [0.717, 1.165) is 23.9 Å². The average Bonchev–Trinajstić information content (AvgIpc) is 2.58. The Bertz CT molecular complexity index is 383. The Labute approximate surface area is 104 Å². The molecule has 0 amide bonds. The second-order valence-electron chi connectivity index (χ2n) is 6.55. The SMILES string of the molecule is CC1CC(Cn2ncc(CO)c2C(C)(C)C)C1. The highest BCUT2D eigenvalue weighted by Crippen LogP contribution is 2.35. The Morgan fingerprint density at radius 1 is 1.41 bits per heavy atom. The largest absolute Gasteiger partial charge is 0.392 e. The van der Waals surface area contributed by atoms with Crippen LogP contribution in [0.3, 0.4) is 0 Å². The summed E-state index contributed by atoms with van der Waals surface area (Å²) in [6.07, 6.45) is 4.46. The van der Waals surface area contributed by atoms with Crippen LogP contribution in [0.1, 0.15) is 51.8 Å². The quantitative estimate of drug-likeness (QED) is 0.876. The Balaban J connectivity index is 2.19. The highest BCUT2D eigenvalue weighted by Gasteiger charge is 2.29. The minimum absolute atomic E-state index is 0.0456. The molecule has 0 unspecified atom stereocenters. The lowest BCUT2D eigenvalue weighted by Gasteiger charge is -2.34. The van der Waals surface area contributed by atoms with Crippen molar-refractivity contribution in [3.63, 3.8) is 0 Å². The van der Waals surface area contributed by atoms with Gasteiger partial charge in [0.15, 0.2) is 0 Å². The van der Waals surface area contributed by atoms with Gasteiger partial charge >= 0.3 is 0 Å². The van der Waals surface area contributed by atoms with Crippen molar-refractivity contribution in [1.82, 2.24) is 9.78 Å². The summed E-state index contributed by atoms with van der Waals surface area (Å²) in [4.78, 5) is 0. The maximum atomic E-state index is 9.39. The van der Waals surface area contributed by atoms with Crippen LogP contribution in [0.2, 0.25) is 0 Å². The normalized spacial score (nSPS) is 24.8. The van der Waals surface area contributed by atoms with Crippen molar-refractivity contribution in [2.45, 2.75) is 59.1 Å². The summed E-state index contributed by atoms with van der Waals surface area (Å²) < 4.78 is 2.11. The van der Waals surface area contributed by atoms with E-state index in [-0.39, 0.29) is 12.0 Å². The zero-order valence-electron chi connectivity index (χ0n) is 11.4. The molecule has 0 aromatic carbocycles. The number of nitrogens with zero attached hydrogens (tertiary/aromatic N) is 2. The fourth-order valence-electron chi connectivity index (χ4n) is 3.01. The van der Waals surface area contributed by atoms with E-state index >= 15 is 0 Å². The molecule has 2 rings (SSSR count). The molecule has 1 aliphatic carbocycles. The molecular weight excluding hydrogens is 212 g/mol. The predicted molar refractivity (Wildman–Crippen MR) is 68.7 cm³/mol. The highest BCUT2D eigenvalue weighted by atomic mass is 16.3. The Morgan fingerprint density at radius 2 is 2.06 bits per heavy atom. The second kappa shape index (κ2) is 4.45. The fraction of sp³-hybridized carbons (Fsp3) is 0.786. The van der Waals surface area contributed by atoms with E-state index in [4.69, 9.17) is 0 Å². The molecule has 1 saturated carbocycles. The zero-order valence-corrected chi connectivity index (χ0v) is 11.4. The van der Waals surface area contributed by atoms with E-state index in [1.54, 1.807) is 0 Å². The van der Waals surface area contributed by atoms with Gasteiger partial charge in [-0.3, -0.25) is 4.68 Å². The van der Waals surface area contributed by atoms with Crippen molar-refractivity contribution in [1.29, 1.82) is 0 Å². The maximum Gasteiger partial charge on any atom is 0.0715 e. The second-order valence-corrected chi connectivity index (χ2v) is 6.55. The molecular formula is C14H24N2O. The van der Waals surface area contributed by atoms with Gasteiger partial charge in [0.2, 0.25) is 0 Å². The molecule has 3 nitrogen and oxygen atoms in total. The van der Waals surface area contributed by atoms with Gasteiger partial charge in [-0.05, 0) is 24.7 Å². The van der Waals surface area contributed by atoms with Gasteiger partial charge in [-0.2, -0.15) is 5.10 Å². The van der Waals surface area contributed by atoms with Crippen LogP contribution in [-0.2, 0) is 18.6 Å². The van der Waals surface area contributed by atoms with Crippen LogP contribution in [0, 0.1) is 11.8 Å². The lowest BCUT2D eigenvalue weighted by molar-refractivity contribution is 0.178. The molecule has 1 fully saturated rings. The zero-order chi connectivity index (χ0) is 12.6. The van der Waals surface area contributed by atoms with Crippen LogP contribution in [0.15, 0.2) is 6.20 Å². The number of hydrogen-bond donors (Lipinski definition) is 1. The number of aliphatic hydroxyl groups is 1. The molecule has 1 aromatic rings. The summed E-state index contributed by atoms with van der Waals surface area (Å²) in [5.74, 6) is 1.66. The molecule has 1 N–H and O–H groups in total. The van der Waals surface area contributed by atoms with Crippen LogP contribution in [0.5, 0.6) is 0 Å². The summed E-state index contributed by atoms with van der Waals surface area (Å²) in [5.41, 5.74) is 2.22. The Hall–Kier alpha value is -0.830. The first kappa shape index (κ1) is 12.6. The lowest BCUT2D eigenvalue weighted by atomic mass is 9.76. The third kappa shape index (κ3) is 2.54. The first-order valence-corrected chi connectivity index (χ1v) is 6.58. The fourth-order valence-corrected chi connectivity index (χ4v) is 3.01. The molecule has 3 heteroatoms. The molecule has 0 aliphatic heterocycles. The van der Waals surface area contributed by atoms with E-state index in [9.17, 15) is 5.11 Å². The summed E-state index contributed by atoms with van der Waals surface area (Å²) in [7, 11) is 0. The Morgan fingerprint density at radius 3 is 2.53 bits per heavy atom. The summed E-state index contributed by atoms with van der Waals surface area (Å²) in [5, 5.41) is 13.8. The topological polar surface area (TPSA) is 38.0 Å². The summed E-state index contributed by atoms with van der Waals surface area (Å²) in [6.45, 7) is 9.96. The summed E-state index contributed by atoms with van der Waals surface area (Å²) >= 11 is 0. The number of rotatable bonds is 3. The molecule has 96 valence electrons. The van der Waals surface area contributed by atoms with Gasteiger partial charge in [0.05, 0.1) is 12.8 Å². The number of aromatic nitrogens is 2. The molecule has 0 spiro atoms. The van der Waals surface area contributed by atoms with E-state index in [0.29, 0.717) is 0 Å². The minimum Gasteiger partial charge on any atom is -0.392 e. The van der Waals surface area contributed by atoms with Gasteiger partial charge in [-0.15, -0.1) is 0 Å². The number of hydrogen-bond acceptors (Lipinski definition) is 2. The first-order chi connectivity index (χ1) is 7.91. The van der Waals surface area contributed by atoms with E-state index in [1.807, 2.05) is 6.20 Å². The van der Waals surface area contributed by atoms with Crippen LogP contribution in [0.25, 0.3) is 0 Å². The van der Waals surface area contributed by atoms with Crippen molar-refractivity contribution in [3.8, 4) is 0 Å². The minimum atomic E-state index is 0.0456. The average molecular weight is 236 g/mol. The lowest BCUT2D eigenvalue weighted by Crippen LogP contribution is -2.29.